The van der Waals surface area contributed by atoms with Gasteiger partial charge in [0.1, 0.15) is 0 Å². The molecule has 20 heavy (non-hydrogen) atoms. The predicted molar refractivity (Wildman–Crippen MR) is 78.0 cm³/mol. The Morgan fingerprint density at radius 3 is 2.95 bits per heavy atom. The standard InChI is InChI=1S/C13H21N3O3S/c1-10-3-4-11(14)7-13(10)20(17,18)15-8-12-9-16(2)5-6-19-12/h3-4,7,12,15H,5-6,8-9,14H2,1-2H3. The number of ether oxygens (including phenoxy) is 1. The summed E-state index contributed by atoms with van der Waals surface area (Å²) in [6.07, 6.45) is -0.120. The van der Waals surface area contributed by atoms with Crippen LogP contribution in [-0.4, -0.2) is 52.7 Å². The molecule has 6 nitrogen and oxygen atoms in total. The first-order valence-corrected chi connectivity index (χ1v) is 8.03. The van der Waals surface area contributed by atoms with Gasteiger partial charge in [0.2, 0.25) is 10.0 Å². The predicted octanol–water partition coefficient (Wildman–Crippen LogP) is 0.186. The Hall–Kier alpha value is -1.15. The van der Waals surface area contributed by atoms with Crippen LogP contribution in [0, 0.1) is 6.92 Å². The number of nitrogens with zero attached hydrogens (tertiary/aromatic N) is 1. The number of nitrogen functional groups attached to an aromatic ring is 1. The highest BCUT2D eigenvalue weighted by atomic mass is 32.2. The lowest BCUT2D eigenvalue weighted by atomic mass is 10.2. The molecule has 0 spiro atoms. The van der Waals surface area contributed by atoms with Crippen LogP contribution < -0.4 is 10.5 Å². The van der Waals surface area contributed by atoms with E-state index in [0.29, 0.717) is 17.9 Å². The van der Waals surface area contributed by atoms with Crippen LogP contribution >= 0.6 is 0 Å². The van der Waals surface area contributed by atoms with Crippen LogP contribution in [0.3, 0.4) is 0 Å². The van der Waals surface area contributed by atoms with Gasteiger partial charge in [-0.25, -0.2) is 13.1 Å². The third-order valence-corrected chi connectivity index (χ3v) is 4.91. The van der Waals surface area contributed by atoms with E-state index in [1.54, 1.807) is 19.1 Å². The second kappa shape index (κ2) is 6.09. The third kappa shape index (κ3) is 3.69. The van der Waals surface area contributed by atoms with Crippen molar-refractivity contribution in [2.24, 2.45) is 0 Å². The zero-order valence-corrected chi connectivity index (χ0v) is 12.6. The van der Waals surface area contributed by atoms with Gasteiger partial charge in [-0.15, -0.1) is 0 Å². The zero-order valence-electron chi connectivity index (χ0n) is 11.8. The lowest BCUT2D eigenvalue weighted by Crippen LogP contribution is -2.45. The van der Waals surface area contributed by atoms with Gasteiger partial charge >= 0.3 is 0 Å². The van der Waals surface area contributed by atoms with E-state index in [1.807, 2.05) is 7.05 Å². The van der Waals surface area contributed by atoms with Gasteiger partial charge in [-0.2, -0.15) is 0 Å². The third-order valence-electron chi connectivity index (χ3n) is 3.34. The van der Waals surface area contributed by atoms with Crippen molar-refractivity contribution < 1.29 is 13.2 Å². The summed E-state index contributed by atoms with van der Waals surface area (Å²) in [5.41, 5.74) is 6.77. The molecule has 2 rings (SSSR count). The van der Waals surface area contributed by atoms with Crippen LogP contribution in [0.1, 0.15) is 5.56 Å². The van der Waals surface area contributed by atoms with Gasteiger partial charge in [0.05, 0.1) is 17.6 Å². The normalized spacial score (nSPS) is 21.0. The SMILES string of the molecule is Cc1ccc(N)cc1S(=O)(=O)NCC1CN(C)CCO1. The van der Waals surface area contributed by atoms with Crippen molar-refractivity contribution in [3.8, 4) is 0 Å². The van der Waals surface area contributed by atoms with Gasteiger partial charge in [-0.1, -0.05) is 6.07 Å². The molecule has 1 aliphatic heterocycles. The van der Waals surface area contributed by atoms with Crippen LogP contribution in [-0.2, 0) is 14.8 Å². The minimum atomic E-state index is -3.56. The molecular weight excluding hydrogens is 278 g/mol. The second-order valence-electron chi connectivity index (χ2n) is 5.13. The molecule has 1 atom stereocenters. The molecule has 112 valence electrons. The molecule has 1 aromatic rings. The molecule has 0 saturated carbocycles. The highest BCUT2D eigenvalue weighted by molar-refractivity contribution is 7.89. The van der Waals surface area contributed by atoms with Crippen molar-refractivity contribution in [1.29, 1.82) is 0 Å². The lowest BCUT2D eigenvalue weighted by molar-refractivity contribution is -0.0156. The summed E-state index contributed by atoms with van der Waals surface area (Å²) in [6, 6.07) is 4.87. The largest absolute Gasteiger partial charge is 0.399 e. The Morgan fingerprint density at radius 1 is 1.50 bits per heavy atom. The van der Waals surface area contributed by atoms with Crippen molar-refractivity contribution in [3.05, 3.63) is 23.8 Å². The fourth-order valence-corrected chi connectivity index (χ4v) is 3.52. The van der Waals surface area contributed by atoms with Gasteiger partial charge in [-0.3, -0.25) is 0 Å². The minimum absolute atomic E-state index is 0.120. The van der Waals surface area contributed by atoms with Crippen LogP contribution in [0.2, 0.25) is 0 Å². The van der Waals surface area contributed by atoms with Crippen molar-refractivity contribution in [3.63, 3.8) is 0 Å². The Kier molecular flexibility index (Phi) is 4.64. The average molecular weight is 299 g/mol. The fourth-order valence-electron chi connectivity index (χ4n) is 2.18. The first-order valence-electron chi connectivity index (χ1n) is 6.54. The number of nitrogens with two attached hydrogens (primary N) is 1. The average Bonchev–Trinajstić information content (AvgIpc) is 2.39. The monoisotopic (exact) mass is 299 g/mol. The van der Waals surface area contributed by atoms with Crippen LogP contribution in [0.5, 0.6) is 0 Å². The van der Waals surface area contributed by atoms with E-state index < -0.39 is 10.0 Å². The van der Waals surface area contributed by atoms with Crippen molar-refractivity contribution in [2.75, 3.05) is 39.0 Å². The van der Waals surface area contributed by atoms with Crippen molar-refractivity contribution in [2.45, 2.75) is 17.9 Å². The topological polar surface area (TPSA) is 84.7 Å². The number of likely N-dealkylation sites (N-methyl/N-ethyl adjacent to an activating group) is 1. The lowest BCUT2D eigenvalue weighted by Gasteiger charge is -2.30. The number of benzene rings is 1. The van der Waals surface area contributed by atoms with E-state index in [0.717, 1.165) is 13.1 Å². The first-order chi connectivity index (χ1) is 9.38. The van der Waals surface area contributed by atoms with E-state index in [-0.39, 0.29) is 17.5 Å². The summed E-state index contributed by atoms with van der Waals surface area (Å²) in [7, 11) is -1.57. The molecule has 0 radical (unpaired) electrons. The van der Waals surface area contributed by atoms with Gasteiger partial charge in [0, 0.05) is 25.3 Å². The number of hydrogen-bond donors (Lipinski definition) is 2. The Morgan fingerprint density at radius 2 is 2.25 bits per heavy atom. The summed E-state index contributed by atoms with van der Waals surface area (Å²) < 4.78 is 32.7. The molecule has 0 amide bonds. The summed E-state index contributed by atoms with van der Waals surface area (Å²) in [6.45, 7) is 4.23. The minimum Gasteiger partial charge on any atom is -0.399 e. The molecule has 0 aromatic heterocycles. The maximum Gasteiger partial charge on any atom is 0.240 e. The van der Waals surface area contributed by atoms with Gasteiger partial charge in [0.25, 0.3) is 0 Å². The molecule has 1 saturated heterocycles. The van der Waals surface area contributed by atoms with E-state index in [9.17, 15) is 8.42 Å². The summed E-state index contributed by atoms with van der Waals surface area (Å²) in [5.74, 6) is 0. The number of rotatable bonds is 4. The van der Waals surface area contributed by atoms with Crippen molar-refractivity contribution in [1.82, 2.24) is 9.62 Å². The summed E-state index contributed by atoms with van der Waals surface area (Å²) in [4.78, 5) is 2.34. The van der Waals surface area contributed by atoms with E-state index in [4.69, 9.17) is 10.5 Å². The molecule has 1 fully saturated rings. The zero-order chi connectivity index (χ0) is 14.8. The Bertz CT molecular complexity index is 574. The molecule has 3 N–H and O–H groups in total. The fraction of sp³-hybridized carbons (Fsp3) is 0.538. The summed E-state index contributed by atoms with van der Waals surface area (Å²) >= 11 is 0. The van der Waals surface area contributed by atoms with Gasteiger partial charge < -0.3 is 15.4 Å². The Balaban J connectivity index is 2.05. The maximum absolute atomic E-state index is 12.3. The number of nitrogens with one attached hydrogen (secondary N) is 1. The van der Waals surface area contributed by atoms with E-state index in [2.05, 4.69) is 9.62 Å². The van der Waals surface area contributed by atoms with E-state index >= 15 is 0 Å². The maximum atomic E-state index is 12.3. The number of aryl methyl sites for hydroxylation is 1. The smallest absolute Gasteiger partial charge is 0.240 e. The molecule has 1 unspecified atom stereocenters. The molecule has 7 heteroatoms. The van der Waals surface area contributed by atoms with Gasteiger partial charge in [0.15, 0.2) is 0 Å². The molecule has 1 aliphatic rings. The molecule has 0 aliphatic carbocycles. The molecule has 1 heterocycles. The van der Waals surface area contributed by atoms with Crippen LogP contribution in [0.4, 0.5) is 5.69 Å². The van der Waals surface area contributed by atoms with Crippen molar-refractivity contribution >= 4 is 15.7 Å². The summed E-state index contributed by atoms with van der Waals surface area (Å²) in [5, 5.41) is 0. The number of morpholine rings is 1. The number of sulfonamides is 1. The van der Waals surface area contributed by atoms with Crippen LogP contribution in [0.15, 0.2) is 23.1 Å². The number of anilines is 1. The van der Waals surface area contributed by atoms with E-state index in [1.165, 1.54) is 6.07 Å². The Labute approximate surface area is 120 Å². The second-order valence-corrected chi connectivity index (χ2v) is 6.87. The van der Waals surface area contributed by atoms with Gasteiger partial charge in [-0.05, 0) is 31.7 Å². The molecule has 0 bridgehead atoms. The number of hydrogen-bond acceptors (Lipinski definition) is 5. The molecule has 1 aromatic carbocycles. The highest BCUT2D eigenvalue weighted by Gasteiger charge is 2.22. The quantitative estimate of drug-likeness (QED) is 0.775. The van der Waals surface area contributed by atoms with Crippen LogP contribution in [0.25, 0.3) is 0 Å². The molecular formula is C13H21N3O3S. The first kappa shape index (κ1) is 15.2. The highest BCUT2D eigenvalue weighted by Crippen LogP contribution is 2.18.